The lowest BCUT2D eigenvalue weighted by molar-refractivity contribution is -0.0607. The normalized spacial score (nSPS) is 22.0. The van der Waals surface area contributed by atoms with Crippen molar-refractivity contribution in [3.8, 4) is 0 Å². The van der Waals surface area contributed by atoms with Gasteiger partial charge < -0.3 is 15.9 Å². The zero-order chi connectivity index (χ0) is 16.2. The second kappa shape index (κ2) is 7.42. The van der Waals surface area contributed by atoms with Crippen LogP contribution in [0, 0.1) is 0 Å². The summed E-state index contributed by atoms with van der Waals surface area (Å²) in [5, 5.41) is 3.20. The molecule has 0 amide bonds. The first-order chi connectivity index (χ1) is 11.2. The maximum absolute atomic E-state index is 6.33. The summed E-state index contributed by atoms with van der Waals surface area (Å²) in [4.78, 5) is 8.09. The Kier molecular flexibility index (Phi) is 5.30. The molecule has 0 spiro atoms. The molecule has 1 fully saturated rings. The Hall–Kier alpha value is -1.44. The number of benzene rings is 1. The molecule has 3 N–H and O–H groups in total. The van der Waals surface area contributed by atoms with E-state index < -0.39 is 0 Å². The van der Waals surface area contributed by atoms with Gasteiger partial charge in [0, 0.05) is 41.0 Å². The molecule has 8 heteroatoms. The quantitative estimate of drug-likeness (QED) is 0.879. The third-order valence-electron chi connectivity index (χ3n) is 3.73. The van der Waals surface area contributed by atoms with E-state index in [9.17, 15) is 0 Å². The Balaban J connectivity index is 1.83. The monoisotopic (exact) mass is 353 g/mol. The predicted octanol–water partition coefficient (Wildman–Crippen LogP) is 2.51. The lowest BCUT2D eigenvalue weighted by Gasteiger charge is -2.41. The molecule has 2 atom stereocenters. The number of rotatable bonds is 4. The van der Waals surface area contributed by atoms with Crippen molar-refractivity contribution < 1.29 is 4.74 Å². The number of morpholine rings is 1. The number of ether oxygens (including phenoxy) is 1. The highest BCUT2D eigenvalue weighted by Crippen LogP contribution is 2.34. The Morgan fingerprint density at radius 1 is 1.35 bits per heavy atom. The van der Waals surface area contributed by atoms with Crippen LogP contribution in [0.3, 0.4) is 0 Å². The third kappa shape index (κ3) is 3.73. The largest absolute Gasteiger partial charge is 0.370 e. The van der Waals surface area contributed by atoms with E-state index in [1.807, 2.05) is 11.1 Å². The van der Waals surface area contributed by atoms with Crippen molar-refractivity contribution >= 4 is 29.0 Å². The number of aromatic nitrogens is 2. The molecular weight excluding hydrogens is 337 g/mol. The molecule has 1 aliphatic rings. The number of nitrogens with zero attached hydrogens (tertiary/aromatic N) is 3. The maximum atomic E-state index is 6.33. The second-order valence-corrected chi connectivity index (χ2v) is 6.00. The van der Waals surface area contributed by atoms with E-state index in [-0.39, 0.29) is 12.1 Å². The molecule has 1 aliphatic heterocycles. The van der Waals surface area contributed by atoms with Gasteiger partial charge in [0.05, 0.1) is 12.6 Å². The summed E-state index contributed by atoms with van der Waals surface area (Å²) in [6, 6.07) is 7.11. The summed E-state index contributed by atoms with van der Waals surface area (Å²) < 4.78 is 5.93. The molecule has 122 valence electrons. The van der Waals surface area contributed by atoms with E-state index in [1.54, 1.807) is 24.4 Å². The van der Waals surface area contributed by atoms with E-state index in [1.165, 1.54) is 6.33 Å². The second-order valence-electron chi connectivity index (χ2n) is 5.16. The minimum Gasteiger partial charge on any atom is -0.370 e. The smallest absolute Gasteiger partial charge is 0.143 e. The highest BCUT2D eigenvalue weighted by molar-refractivity contribution is 6.35. The number of hydrazine groups is 1. The van der Waals surface area contributed by atoms with Crippen molar-refractivity contribution in [3.05, 3.63) is 52.4 Å². The molecule has 1 aromatic carbocycles. The van der Waals surface area contributed by atoms with E-state index >= 15 is 0 Å². The Morgan fingerprint density at radius 2 is 2.22 bits per heavy atom. The molecule has 2 heterocycles. The number of anilines is 1. The number of hydrogen-bond acceptors (Lipinski definition) is 6. The molecule has 2 aromatic rings. The average molecular weight is 354 g/mol. The highest BCUT2D eigenvalue weighted by atomic mass is 35.5. The molecule has 1 aromatic heterocycles. The summed E-state index contributed by atoms with van der Waals surface area (Å²) in [6.07, 6.45) is 2.93. The minimum atomic E-state index is -0.243. The van der Waals surface area contributed by atoms with Gasteiger partial charge >= 0.3 is 0 Å². The molecule has 1 saturated heterocycles. The fourth-order valence-electron chi connectivity index (χ4n) is 2.64. The van der Waals surface area contributed by atoms with Gasteiger partial charge in [0.25, 0.3) is 0 Å². The van der Waals surface area contributed by atoms with Gasteiger partial charge in [0.15, 0.2) is 0 Å². The van der Waals surface area contributed by atoms with Crippen molar-refractivity contribution in [1.29, 1.82) is 0 Å². The van der Waals surface area contributed by atoms with Crippen molar-refractivity contribution in [2.24, 2.45) is 5.73 Å². The SMILES string of the molecule is NCC1C(c2ccc(Cl)cc2Cl)OCCN1Nc1ccncn1. The lowest BCUT2D eigenvalue weighted by atomic mass is 10.00. The van der Waals surface area contributed by atoms with Crippen LogP contribution in [0.4, 0.5) is 5.82 Å². The topological polar surface area (TPSA) is 76.3 Å². The third-order valence-corrected chi connectivity index (χ3v) is 4.29. The highest BCUT2D eigenvalue weighted by Gasteiger charge is 2.34. The van der Waals surface area contributed by atoms with Crippen molar-refractivity contribution in [1.82, 2.24) is 15.0 Å². The molecule has 2 unspecified atom stereocenters. The van der Waals surface area contributed by atoms with Gasteiger partial charge in [0.1, 0.15) is 18.2 Å². The number of nitrogens with two attached hydrogens (primary N) is 1. The van der Waals surface area contributed by atoms with Crippen molar-refractivity contribution in [2.75, 3.05) is 25.1 Å². The number of nitrogens with one attached hydrogen (secondary N) is 1. The Morgan fingerprint density at radius 3 is 2.91 bits per heavy atom. The van der Waals surface area contributed by atoms with Crippen LogP contribution in [0.2, 0.25) is 10.0 Å². The van der Waals surface area contributed by atoms with Crippen LogP contribution in [-0.4, -0.2) is 40.7 Å². The minimum absolute atomic E-state index is 0.0857. The van der Waals surface area contributed by atoms with Crippen LogP contribution in [0.15, 0.2) is 36.8 Å². The van der Waals surface area contributed by atoms with Crippen molar-refractivity contribution in [3.63, 3.8) is 0 Å². The Labute approximate surface area is 144 Å². The van der Waals surface area contributed by atoms with Crippen LogP contribution < -0.4 is 11.2 Å². The van der Waals surface area contributed by atoms with Crippen LogP contribution in [-0.2, 0) is 4.74 Å². The van der Waals surface area contributed by atoms with Gasteiger partial charge in [-0.25, -0.2) is 15.0 Å². The fraction of sp³-hybridized carbons (Fsp3) is 0.333. The first-order valence-electron chi connectivity index (χ1n) is 7.25. The van der Waals surface area contributed by atoms with Gasteiger partial charge in [-0.1, -0.05) is 29.3 Å². The van der Waals surface area contributed by atoms with Gasteiger partial charge in [0.2, 0.25) is 0 Å². The van der Waals surface area contributed by atoms with Crippen LogP contribution in [0.5, 0.6) is 0 Å². The fourth-order valence-corrected chi connectivity index (χ4v) is 3.16. The standard InChI is InChI=1S/C15H17Cl2N5O/c16-10-1-2-11(12(17)7-10)15-13(8-18)22(5-6-23-15)21-14-3-4-19-9-20-14/h1-4,7,9,13,15H,5-6,8,18H2,(H,19,20,21). The average Bonchev–Trinajstić information content (AvgIpc) is 2.56. The molecule has 0 bridgehead atoms. The molecule has 3 rings (SSSR count). The summed E-state index contributed by atoms with van der Waals surface area (Å²) in [5.74, 6) is 0.710. The Bertz CT molecular complexity index is 658. The van der Waals surface area contributed by atoms with Crippen LogP contribution in [0.1, 0.15) is 11.7 Å². The van der Waals surface area contributed by atoms with Gasteiger partial charge in [-0.2, -0.15) is 0 Å². The van der Waals surface area contributed by atoms with Crippen LogP contribution >= 0.6 is 23.2 Å². The molecule has 0 aliphatic carbocycles. The first-order valence-corrected chi connectivity index (χ1v) is 8.00. The molecule has 0 saturated carbocycles. The summed E-state index contributed by atoms with van der Waals surface area (Å²) in [7, 11) is 0. The summed E-state index contributed by atoms with van der Waals surface area (Å²) in [5.41, 5.74) is 10.1. The molecular formula is C15H17Cl2N5O. The van der Waals surface area contributed by atoms with E-state index in [2.05, 4.69) is 15.4 Å². The lowest BCUT2D eigenvalue weighted by Crippen LogP contribution is -2.53. The predicted molar refractivity (Wildman–Crippen MR) is 90.4 cm³/mol. The van der Waals surface area contributed by atoms with E-state index in [0.717, 1.165) is 5.56 Å². The van der Waals surface area contributed by atoms with Crippen molar-refractivity contribution in [2.45, 2.75) is 12.1 Å². The molecule has 23 heavy (non-hydrogen) atoms. The number of hydrogen-bond donors (Lipinski definition) is 2. The zero-order valence-corrected chi connectivity index (χ0v) is 13.8. The van der Waals surface area contributed by atoms with Gasteiger partial charge in [-0.15, -0.1) is 0 Å². The van der Waals surface area contributed by atoms with Gasteiger partial charge in [-0.3, -0.25) is 0 Å². The van der Waals surface area contributed by atoms with Crippen LogP contribution in [0.25, 0.3) is 0 Å². The van der Waals surface area contributed by atoms with Gasteiger partial charge in [-0.05, 0) is 12.1 Å². The molecule has 6 nitrogen and oxygen atoms in total. The number of halogens is 2. The summed E-state index contributed by atoms with van der Waals surface area (Å²) >= 11 is 12.3. The summed E-state index contributed by atoms with van der Waals surface area (Å²) in [6.45, 7) is 1.65. The van der Waals surface area contributed by atoms with E-state index in [0.29, 0.717) is 35.6 Å². The molecule has 0 radical (unpaired) electrons. The first kappa shape index (κ1) is 16.4. The maximum Gasteiger partial charge on any atom is 0.143 e. The zero-order valence-electron chi connectivity index (χ0n) is 12.3. The van der Waals surface area contributed by atoms with E-state index in [4.69, 9.17) is 33.7 Å².